The molecule has 0 radical (unpaired) electrons. The summed E-state index contributed by atoms with van der Waals surface area (Å²) in [6.45, 7) is 3.31. The molecule has 1 aliphatic heterocycles. The summed E-state index contributed by atoms with van der Waals surface area (Å²) in [5, 5.41) is 16.3. The van der Waals surface area contributed by atoms with Gasteiger partial charge in [-0.3, -0.25) is 14.3 Å². The number of carbonyl (C=O) groups excluding carboxylic acids is 1. The molecule has 12 heteroatoms. The average molecular weight is 517 g/mol. The quantitative estimate of drug-likeness (QED) is 0.572. The number of benzene rings is 1. The fraction of sp³-hybridized carbons (Fsp3) is 0.522. The molecule has 2 aromatic rings. The molecule has 2 heterocycles. The zero-order valence-corrected chi connectivity index (χ0v) is 19.9. The summed E-state index contributed by atoms with van der Waals surface area (Å²) in [4.78, 5) is 25.6. The molecule has 1 aromatic carbocycles. The zero-order valence-electron chi connectivity index (χ0n) is 19.1. The number of halogens is 5. The molecule has 7 nitrogen and oxygen atoms in total. The first kappa shape index (κ1) is 25.4. The lowest BCUT2D eigenvalue weighted by Crippen LogP contribution is -2.60. The molecule has 0 saturated heterocycles. The SMILES string of the molecule is CC1(C)C(NCC(=O)N2CCc3c(C(F)(F)F)nn(Cc4ccc(Cl)cc4F)c3C2)CC1C(=O)O. The van der Waals surface area contributed by atoms with Crippen molar-refractivity contribution in [1.29, 1.82) is 0 Å². The predicted octanol–water partition coefficient (Wildman–Crippen LogP) is 3.72. The maximum atomic E-state index is 14.3. The average Bonchev–Trinajstić information content (AvgIpc) is 3.12. The van der Waals surface area contributed by atoms with Gasteiger partial charge in [-0.05, 0) is 30.4 Å². The van der Waals surface area contributed by atoms with Crippen LogP contribution in [-0.2, 0) is 35.3 Å². The molecule has 190 valence electrons. The van der Waals surface area contributed by atoms with Crippen molar-refractivity contribution in [2.75, 3.05) is 13.1 Å². The van der Waals surface area contributed by atoms with Gasteiger partial charge in [0.2, 0.25) is 5.91 Å². The van der Waals surface area contributed by atoms with Crippen molar-refractivity contribution in [3.05, 3.63) is 51.6 Å². The highest BCUT2D eigenvalue weighted by Gasteiger charge is 2.52. The molecule has 2 aliphatic rings. The van der Waals surface area contributed by atoms with Gasteiger partial charge in [-0.1, -0.05) is 31.5 Å². The van der Waals surface area contributed by atoms with Crippen molar-refractivity contribution >= 4 is 23.5 Å². The van der Waals surface area contributed by atoms with E-state index in [1.165, 1.54) is 17.0 Å². The molecule has 1 amide bonds. The molecule has 2 unspecified atom stereocenters. The monoisotopic (exact) mass is 516 g/mol. The maximum Gasteiger partial charge on any atom is 0.435 e. The van der Waals surface area contributed by atoms with E-state index in [1.807, 2.05) is 13.8 Å². The summed E-state index contributed by atoms with van der Waals surface area (Å²) >= 11 is 5.77. The van der Waals surface area contributed by atoms with Crippen molar-refractivity contribution in [1.82, 2.24) is 20.0 Å². The van der Waals surface area contributed by atoms with E-state index in [0.717, 1.165) is 10.7 Å². The van der Waals surface area contributed by atoms with Crippen LogP contribution in [0.2, 0.25) is 5.02 Å². The van der Waals surface area contributed by atoms with Crippen LogP contribution in [-0.4, -0.2) is 50.8 Å². The molecule has 2 N–H and O–H groups in total. The molecular formula is C23H25ClF4N4O3. The number of hydrogen-bond donors (Lipinski definition) is 2. The van der Waals surface area contributed by atoms with Crippen molar-refractivity contribution in [2.24, 2.45) is 11.3 Å². The predicted molar refractivity (Wildman–Crippen MR) is 118 cm³/mol. The van der Waals surface area contributed by atoms with Crippen LogP contribution in [0.1, 0.15) is 42.8 Å². The number of aliphatic carboxylic acids is 1. The first-order valence-electron chi connectivity index (χ1n) is 11.1. The van der Waals surface area contributed by atoms with Crippen LogP contribution in [0.3, 0.4) is 0 Å². The number of carboxylic acid groups (broad SMARTS) is 1. The lowest BCUT2D eigenvalue weighted by molar-refractivity contribution is -0.155. The van der Waals surface area contributed by atoms with Crippen LogP contribution in [0.15, 0.2) is 18.2 Å². The molecule has 1 aliphatic carbocycles. The highest BCUT2D eigenvalue weighted by atomic mass is 35.5. The van der Waals surface area contributed by atoms with Crippen LogP contribution in [0.5, 0.6) is 0 Å². The Morgan fingerprint density at radius 3 is 2.63 bits per heavy atom. The van der Waals surface area contributed by atoms with Crippen molar-refractivity contribution in [3.8, 4) is 0 Å². The van der Waals surface area contributed by atoms with Gasteiger partial charge < -0.3 is 15.3 Å². The van der Waals surface area contributed by atoms with Gasteiger partial charge in [0.1, 0.15) is 5.82 Å². The lowest BCUT2D eigenvalue weighted by atomic mass is 9.58. The van der Waals surface area contributed by atoms with E-state index in [9.17, 15) is 32.3 Å². The Balaban J connectivity index is 1.50. The minimum atomic E-state index is -4.68. The summed E-state index contributed by atoms with van der Waals surface area (Å²) in [5.74, 6) is -2.36. The number of nitrogens with one attached hydrogen (secondary N) is 1. The fourth-order valence-electron chi connectivity index (χ4n) is 4.88. The van der Waals surface area contributed by atoms with Gasteiger partial charge in [0.25, 0.3) is 0 Å². The first-order valence-corrected chi connectivity index (χ1v) is 11.5. The Kier molecular flexibility index (Phi) is 6.60. The third-order valence-electron chi connectivity index (χ3n) is 7.16. The first-order chi connectivity index (χ1) is 16.3. The summed E-state index contributed by atoms with van der Waals surface area (Å²) in [7, 11) is 0. The third-order valence-corrected chi connectivity index (χ3v) is 7.40. The topological polar surface area (TPSA) is 87.5 Å². The number of carbonyl (C=O) groups is 2. The summed E-state index contributed by atoms with van der Waals surface area (Å²) in [6, 6.07) is 3.75. The summed E-state index contributed by atoms with van der Waals surface area (Å²) in [5.41, 5.74) is -1.21. The van der Waals surface area contributed by atoms with Gasteiger partial charge >= 0.3 is 12.1 Å². The van der Waals surface area contributed by atoms with E-state index in [4.69, 9.17) is 11.6 Å². The molecule has 0 spiro atoms. The van der Waals surface area contributed by atoms with Crippen LogP contribution in [0.4, 0.5) is 17.6 Å². The second kappa shape index (κ2) is 9.09. The van der Waals surface area contributed by atoms with Gasteiger partial charge in [-0.25, -0.2) is 4.39 Å². The van der Waals surface area contributed by atoms with E-state index in [-0.39, 0.29) is 66.4 Å². The highest BCUT2D eigenvalue weighted by molar-refractivity contribution is 6.30. The molecule has 1 saturated carbocycles. The Labute approximate surface area is 204 Å². The van der Waals surface area contributed by atoms with E-state index >= 15 is 0 Å². The van der Waals surface area contributed by atoms with E-state index in [2.05, 4.69) is 10.4 Å². The number of nitrogens with zero attached hydrogens (tertiary/aromatic N) is 3. The minimum Gasteiger partial charge on any atom is -0.481 e. The van der Waals surface area contributed by atoms with Gasteiger partial charge in [-0.2, -0.15) is 18.3 Å². The van der Waals surface area contributed by atoms with Gasteiger partial charge in [-0.15, -0.1) is 0 Å². The molecule has 1 aromatic heterocycles. The van der Waals surface area contributed by atoms with Crippen LogP contribution in [0.25, 0.3) is 0 Å². The highest BCUT2D eigenvalue weighted by Crippen LogP contribution is 2.46. The van der Waals surface area contributed by atoms with Gasteiger partial charge in [0.15, 0.2) is 5.69 Å². The molecule has 1 fully saturated rings. The van der Waals surface area contributed by atoms with Gasteiger partial charge in [0.05, 0.1) is 31.2 Å². The van der Waals surface area contributed by atoms with Crippen molar-refractivity contribution in [3.63, 3.8) is 0 Å². The zero-order chi connectivity index (χ0) is 25.7. The molecular weight excluding hydrogens is 492 g/mol. The fourth-order valence-corrected chi connectivity index (χ4v) is 5.04. The van der Waals surface area contributed by atoms with Crippen LogP contribution in [0, 0.1) is 17.2 Å². The summed E-state index contributed by atoms with van der Waals surface area (Å²) in [6.07, 6.45) is -4.32. The second-order valence-corrected chi connectivity index (χ2v) is 10.0. The van der Waals surface area contributed by atoms with E-state index in [1.54, 1.807) is 0 Å². The van der Waals surface area contributed by atoms with Gasteiger partial charge in [0, 0.05) is 28.7 Å². The summed E-state index contributed by atoms with van der Waals surface area (Å²) < 4.78 is 56.3. The molecule has 0 bridgehead atoms. The Morgan fingerprint density at radius 2 is 2.03 bits per heavy atom. The Hall–Kier alpha value is -2.66. The third kappa shape index (κ3) is 4.88. The number of carboxylic acids is 1. The number of fused-ring (bicyclic) bond motifs is 1. The van der Waals surface area contributed by atoms with Crippen molar-refractivity contribution in [2.45, 2.75) is 52.0 Å². The maximum absolute atomic E-state index is 14.3. The molecule has 35 heavy (non-hydrogen) atoms. The largest absolute Gasteiger partial charge is 0.481 e. The molecule has 4 rings (SSSR count). The van der Waals surface area contributed by atoms with Crippen molar-refractivity contribution < 1.29 is 32.3 Å². The normalized spacial score (nSPS) is 21.4. The number of aromatic nitrogens is 2. The van der Waals surface area contributed by atoms with E-state index < -0.39 is 35.0 Å². The number of hydrogen-bond acceptors (Lipinski definition) is 4. The van der Waals surface area contributed by atoms with E-state index in [0.29, 0.717) is 6.42 Å². The minimum absolute atomic E-state index is 0.00769. The number of rotatable bonds is 6. The van der Waals surface area contributed by atoms with Crippen LogP contribution < -0.4 is 5.32 Å². The Bertz CT molecular complexity index is 1160. The second-order valence-electron chi connectivity index (χ2n) is 9.61. The Morgan fingerprint density at radius 1 is 1.31 bits per heavy atom. The van der Waals surface area contributed by atoms with Crippen LogP contribution >= 0.6 is 11.6 Å². The standard InChI is InChI=1S/C23H25ClF4N4O3/c1-22(2)15(21(34)35)8-18(22)29-9-19(33)31-6-5-14-17(11-31)32(30-20(14)23(26,27)28)10-12-3-4-13(24)7-16(12)25/h3-4,7,15,18,29H,5-6,8-11H2,1-2H3,(H,34,35). The number of alkyl halides is 3. The lowest BCUT2D eigenvalue weighted by Gasteiger charge is -2.50. The smallest absolute Gasteiger partial charge is 0.435 e. The number of amides is 1. The molecule has 2 atom stereocenters.